The highest BCUT2D eigenvalue weighted by atomic mass is 16.5. The van der Waals surface area contributed by atoms with Crippen LogP contribution < -0.4 is 10.1 Å². The number of benzene rings is 1. The topological polar surface area (TPSA) is 21.3 Å². The number of nitrogens with one attached hydrogen (secondary N) is 1. The van der Waals surface area contributed by atoms with Crippen molar-refractivity contribution in [2.45, 2.75) is 33.6 Å². The Morgan fingerprint density at radius 3 is 2.44 bits per heavy atom. The van der Waals surface area contributed by atoms with E-state index in [-0.39, 0.29) is 0 Å². The highest BCUT2D eigenvalue weighted by Gasteiger charge is 2.04. The summed E-state index contributed by atoms with van der Waals surface area (Å²) < 4.78 is 5.19. The van der Waals surface area contributed by atoms with E-state index >= 15 is 0 Å². The second kappa shape index (κ2) is 6.41. The number of aryl methyl sites for hydroxylation is 1. The monoisotopic (exact) mass is 221 g/mol. The minimum Gasteiger partial charge on any atom is -0.497 e. The average molecular weight is 221 g/mol. The van der Waals surface area contributed by atoms with Crippen LogP contribution in [0, 0.1) is 12.8 Å². The van der Waals surface area contributed by atoms with Gasteiger partial charge in [0, 0.05) is 12.2 Å². The Kier molecular flexibility index (Phi) is 5.17. The third kappa shape index (κ3) is 3.44. The van der Waals surface area contributed by atoms with Crippen LogP contribution >= 0.6 is 0 Å². The summed E-state index contributed by atoms with van der Waals surface area (Å²) in [7, 11) is 1.70. The van der Waals surface area contributed by atoms with E-state index in [1.165, 1.54) is 24.1 Å². The highest BCUT2D eigenvalue weighted by molar-refractivity contribution is 5.53. The molecule has 0 spiro atoms. The first-order valence-corrected chi connectivity index (χ1v) is 6.09. The molecule has 0 aromatic heterocycles. The van der Waals surface area contributed by atoms with Crippen LogP contribution in [0.4, 0.5) is 5.69 Å². The van der Waals surface area contributed by atoms with Gasteiger partial charge in [-0.3, -0.25) is 0 Å². The van der Waals surface area contributed by atoms with Gasteiger partial charge >= 0.3 is 0 Å². The molecule has 16 heavy (non-hydrogen) atoms. The van der Waals surface area contributed by atoms with Gasteiger partial charge in [-0.15, -0.1) is 0 Å². The van der Waals surface area contributed by atoms with Crippen molar-refractivity contribution in [1.29, 1.82) is 0 Å². The Bertz CT molecular complexity index is 319. The Balaban J connectivity index is 2.60. The molecule has 0 aliphatic carbocycles. The molecule has 0 unspecified atom stereocenters. The summed E-state index contributed by atoms with van der Waals surface area (Å²) in [6, 6.07) is 6.16. The molecule has 0 heterocycles. The molecule has 0 saturated carbocycles. The minimum absolute atomic E-state index is 0.765. The molecule has 0 atom stereocenters. The Morgan fingerprint density at radius 2 is 1.94 bits per heavy atom. The number of hydrogen-bond donors (Lipinski definition) is 1. The molecule has 0 aliphatic heterocycles. The fraction of sp³-hybridized carbons (Fsp3) is 0.571. The number of hydrogen-bond acceptors (Lipinski definition) is 2. The van der Waals surface area contributed by atoms with Gasteiger partial charge in [0.05, 0.1) is 7.11 Å². The molecule has 90 valence electrons. The number of rotatable bonds is 6. The molecule has 0 fully saturated rings. The standard InChI is InChI=1S/C14H23NO/c1-5-12(6-2)10-15-14-8-7-13(16-4)9-11(14)3/h7-9,12,15H,5-6,10H2,1-4H3. The second-order valence-electron chi connectivity index (χ2n) is 4.24. The molecule has 0 amide bonds. The molecule has 1 rings (SSSR count). The van der Waals surface area contributed by atoms with Crippen LogP contribution in [-0.4, -0.2) is 13.7 Å². The van der Waals surface area contributed by atoms with Crippen LogP contribution in [0.25, 0.3) is 0 Å². The summed E-state index contributed by atoms with van der Waals surface area (Å²) in [6.07, 6.45) is 2.47. The van der Waals surface area contributed by atoms with Crippen LogP contribution in [0.1, 0.15) is 32.3 Å². The first kappa shape index (κ1) is 12.9. The molecular formula is C14H23NO. The highest BCUT2D eigenvalue weighted by Crippen LogP contribution is 2.21. The van der Waals surface area contributed by atoms with Crippen molar-refractivity contribution in [2.75, 3.05) is 19.0 Å². The molecule has 1 aromatic rings. The minimum atomic E-state index is 0.765. The Hall–Kier alpha value is -1.18. The van der Waals surface area contributed by atoms with Gasteiger partial charge < -0.3 is 10.1 Å². The lowest BCUT2D eigenvalue weighted by molar-refractivity contribution is 0.414. The molecule has 0 saturated heterocycles. The lowest BCUT2D eigenvalue weighted by Crippen LogP contribution is -2.13. The van der Waals surface area contributed by atoms with Crippen LogP contribution in [0.3, 0.4) is 0 Å². The van der Waals surface area contributed by atoms with E-state index in [0.29, 0.717) is 0 Å². The van der Waals surface area contributed by atoms with Crippen LogP contribution in [-0.2, 0) is 0 Å². The largest absolute Gasteiger partial charge is 0.497 e. The zero-order valence-electron chi connectivity index (χ0n) is 10.8. The maximum absolute atomic E-state index is 5.19. The van der Waals surface area contributed by atoms with Crippen LogP contribution in [0.2, 0.25) is 0 Å². The maximum atomic E-state index is 5.19. The van der Waals surface area contributed by atoms with Crippen molar-refractivity contribution >= 4 is 5.69 Å². The van der Waals surface area contributed by atoms with E-state index in [2.05, 4.69) is 38.2 Å². The third-order valence-corrected chi connectivity index (χ3v) is 3.17. The van der Waals surface area contributed by atoms with E-state index in [9.17, 15) is 0 Å². The predicted octanol–water partition coefficient (Wildman–Crippen LogP) is 3.85. The van der Waals surface area contributed by atoms with Gasteiger partial charge in [0.1, 0.15) is 5.75 Å². The fourth-order valence-electron chi connectivity index (χ4n) is 1.79. The quantitative estimate of drug-likeness (QED) is 0.787. The number of ether oxygens (including phenoxy) is 1. The molecule has 2 nitrogen and oxygen atoms in total. The first-order valence-electron chi connectivity index (χ1n) is 6.09. The molecule has 0 bridgehead atoms. The lowest BCUT2D eigenvalue weighted by atomic mass is 10.0. The van der Waals surface area contributed by atoms with Gasteiger partial charge in [0.15, 0.2) is 0 Å². The van der Waals surface area contributed by atoms with Gasteiger partial charge in [0.25, 0.3) is 0 Å². The van der Waals surface area contributed by atoms with Crippen molar-refractivity contribution in [1.82, 2.24) is 0 Å². The van der Waals surface area contributed by atoms with Gasteiger partial charge in [-0.2, -0.15) is 0 Å². The number of methoxy groups -OCH3 is 1. The van der Waals surface area contributed by atoms with Gasteiger partial charge in [-0.05, 0) is 36.6 Å². The van der Waals surface area contributed by atoms with Gasteiger partial charge in [-0.25, -0.2) is 0 Å². The molecule has 0 aliphatic rings. The van der Waals surface area contributed by atoms with E-state index < -0.39 is 0 Å². The Labute approximate surface area is 99.0 Å². The zero-order valence-corrected chi connectivity index (χ0v) is 10.8. The predicted molar refractivity (Wildman–Crippen MR) is 70.3 cm³/mol. The number of anilines is 1. The normalized spacial score (nSPS) is 10.6. The summed E-state index contributed by atoms with van der Waals surface area (Å²) in [6.45, 7) is 7.66. The molecule has 0 radical (unpaired) electrons. The lowest BCUT2D eigenvalue weighted by Gasteiger charge is -2.16. The van der Waals surface area contributed by atoms with Gasteiger partial charge in [0.2, 0.25) is 0 Å². The molecule has 1 N–H and O–H groups in total. The smallest absolute Gasteiger partial charge is 0.119 e. The molecule has 2 heteroatoms. The molecular weight excluding hydrogens is 198 g/mol. The maximum Gasteiger partial charge on any atom is 0.119 e. The van der Waals surface area contributed by atoms with E-state index in [4.69, 9.17) is 4.74 Å². The van der Waals surface area contributed by atoms with Crippen molar-refractivity contribution in [3.63, 3.8) is 0 Å². The summed E-state index contributed by atoms with van der Waals surface area (Å²) in [5, 5.41) is 3.51. The SMILES string of the molecule is CCC(CC)CNc1ccc(OC)cc1C. The van der Waals surface area contributed by atoms with E-state index in [1.807, 2.05) is 6.07 Å². The van der Waals surface area contributed by atoms with Crippen LogP contribution in [0.5, 0.6) is 5.75 Å². The average Bonchev–Trinajstić information content (AvgIpc) is 2.32. The Morgan fingerprint density at radius 1 is 1.25 bits per heavy atom. The van der Waals surface area contributed by atoms with E-state index in [0.717, 1.165) is 18.2 Å². The van der Waals surface area contributed by atoms with Crippen molar-refractivity contribution in [3.8, 4) is 5.75 Å². The summed E-state index contributed by atoms with van der Waals surface area (Å²) in [5.74, 6) is 1.69. The summed E-state index contributed by atoms with van der Waals surface area (Å²) in [4.78, 5) is 0. The van der Waals surface area contributed by atoms with Gasteiger partial charge in [-0.1, -0.05) is 26.7 Å². The van der Waals surface area contributed by atoms with E-state index in [1.54, 1.807) is 7.11 Å². The van der Waals surface area contributed by atoms with Crippen molar-refractivity contribution in [2.24, 2.45) is 5.92 Å². The van der Waals surface area contributed by atoms with Crippen molar-refractivity contribution < 1.29 is 4.74 Å². The van der Waals surface area contributed by atoms with Crippen LogP contribution in [0.15, 0.2) is 18.2 Å². The van der Waals surface area contributed by atoms with Crippen molar-refractivity contribution in [3.05, 3.63) is 23.8 Å². The second-order valence-corrected chi connectivity index (χ2v) is 4.24. The summed E-state index contributed by atoms with van der Waals surface area (Å²) >= 11 is 0. The molecule has 1 aromatic carbocycles. The zero-order chi connectivity index (χ0) is 12.0. The first-order chi connectivity index (χ1) is 7.71. The summed E-state index contributed by atoms with van der Waals surface area (Å²) in [5.41, 5.74) is 2.46. The fourth-order valence-corrected chi connectivity index (χ4v) is 1.79. The third-order valence-electron chi connectivity index (χ3n) is 3.17.